The molecule has 1 heterocycles. The van der Waals surface area contributed by atoms with Crippen molar-refractivity contribution < 1.29 is 9.90 Å². The second-order valence-electron chi connectivity index (χ2n) is 4.52. The Balaban J connectivity index is 2.45. The number of aromatic nitrogens is 1. The van der Waals surface area contributed by atoms with E-state index in [-0.39, 0.29) is 11.1 Å². The molecule has 0 saturated carbocycles. The fourth-order valence-corrected chi connectivity index (χ4v) is 2.51. The van der Waals surface area contributed by atoms with E-state index in [2.05, 4.69) is 0 Å². The van der Waals surface area contributed by atoms with Gasteiger partial charge in [0.25, 0.3) is 5.56 Å². The van der Waals surface area contributed by atoms with Gasteiger partial charge in [0.05, 0.1) is 16.3 Å². The van der Waals surface area contributed by atoms with Crippen molar-refractivity contribution in [3.8, 4) is 5.69 Å². The lowest BCUT2D eigenvalue weighted by Crippen LogP contribution is -2.20. The summed E-state index contributed by atoms with van der Waals surface area (Å²) in [7, 11) is 0. The molecule has 104 valence electrons. The summed E-state index contributed by atoms with van der Waals surface area (Å²) < 4.78 is 1.27. The zero-order valence-electron chi connectivity index (χ0n) is 10.8. The van der Waals surface area contributed by atoms with Crippen LogP contribution < -0.4 is 5.56 Å². The van der Waals surface area contributed by atoms with E-state index < -0.39 is 5.97 Å². The highest BCUT2D eigenvalue weighted by atomic mass is 35.5. The first-order valence-electron chi connectivity index (χ1n) is 6.22. The van der Waals surface area contributed by atoms with Crippen LogP contribution in [-0.2, 0) is 0 Å². The second-order valence-corrected chi connectivity index (χ2v) is 4.93. The second kappa shape index (κ2) is 5.07. The lowest BCUT2D eigenvalue weighted by Gasteiger charge is -2.11. The molecule has 0 radical (unpaired) electrons. The number of benzene rings is 2. The van der Waals surface area contributed by atoms with Crippen LogP contribution >= 0.6 is 11.6 Å². The van der Waals surface area contributed by atoms with Crippen LogP contribution in [0.25, 0.3) is 16.5 Å². The van der Waals surface area contributed by atoms with Crippen molar-refractivity contribution in [2.45, 2.75) is 0 Å². The summed E-state index contributed by atoms with van der Waals surface area (Å²) in [5, 5.41) is 10.5. The minimum atomic E-state index is -1.09. The fourth-order valence-electron chi connectivity index (χ4n) is 2.29. The van der Waals surface area contributed by atoms with Crippen LogP contribution in [0.4, 0.5) is 0 Å². The third-order valence-corrected chi connectivity index (χ3v) is 3.59. The number of halogens is 1. The summed E-state index contributed by atoms with van der Waals surface area (Å²) in [5.74, 6) is -1.09. The van der Waals surface area contributed by atoms with Gasteiger partial charge < -0.3 is 5.11 Å². The number of hydrogen-bond acceptors (Lipinski definition) is 2. The quantitative estimate of drug-likeness (QED) is 0.789. The SMILES string of the molecule is O=C(O)c1cn(-c2ccccc2Cl)c(=O)c2ccccc12. The Hall–Kier alpha value is -2.59. The van der Waals surface area contributed by atoms with Crippen molar-refractivity contribution in [2.24, 2.45) is 0 Å². The van der Waals surface area contributed by atoms with Crippen LogP contribution in [0.5, 0.6) is 0 Å². The average Bonchev–Trinajstić information content (AvgIpc) is 2.48. The maximum absolute atomic E-state index is 12.6. The Morgan fingerprint density at radius 3 is 2.29 bits per heavy atom. The van der Waals surface area contributed by atoms with Gasteiger partial charge in [-0.05, 0) is 18.2 Å². The van der Waals surface area contributed by atoms with Crippen LogP contribution in [0.3, 0.4) is 0 Å². The van der Waals surface area contributed by atoms with Gasteiger partial charge in [-0.2, -0.15) is 0 Å². The Morgan fingerprint density at radius 2 is 1.62 bits per heavy atom. The van der Waals surface area contributed by atoms with E-state index in [1.165, 1.54) is 10.8 Å². The molecule has 1 N–H and O–H groups in total. The number of fused-ring (bicyclic) bond motifs is 1. The van der Waals surface area contributed by atoms with Crippen LogP contribution in [0.2, 0.25) is 5.02 Å². The predicted octanol–water partition coefficient (Wildman–Crippen LogP) is 3.34. The van der Waals surface area contributed by atoms with Crippen molar-refractivity contribution >= 4 is 28.3 Å². The van der Waals surface area contributed by atoms with Gasteiger partial charge >= 0.3 is 5.97 Å². The van der Waals surface area contributed by atoms with Crippen LogP contribution in [0.15, 0.2) is 59.5 Å². The Labute approximate surface area is 124 Å². The largest absolute Gasteiger partial charge is 0.478 e. The summed E-state index contributed by atoms with van der Waals surface area (Å²) in [4.78, 5) is 24.0. The van der Waals surface area contributed by atoms with E-state index in [0.29, 0.717) is 21.5 Å². The predicted molar refractivity (Wildman–Crippen MR) is 81.5 cm³/mol. The van der Waals surface area contributed by atoms with E-state index in [9.17, 15) is 14.7 Å². The van der Waals surface area contributed by atoms with Crippen molar-refractivity contribution in [2.75, 3.05) is 0 Å². The molecule has 3 rings (SSSR count). The van der Waals surface area contributed by atoms with Crippen LogP contribution in [0.1, 0.15) is 10.4 Å². The molecule has 0 saturated heterocycles. The highest BCUT2D eigenvalue weighted by molar-refractivity contribution is 6.32. The molecule has 3 aromatic rings. The summed E-state index contributed by atoms with van der Waals surface area (Å²) in [5.41, 5.74) is 0.214. The molecule has 0 aliphatic heterocycles. The van der Waals surface area contributed by atoms with Gasteiger partial charge in [-0.1, -0.05) is 41.9 Å². The molecule has 0 fully saturated rings. The Bertz CT molecular complexity index is 915. The molecule has 0 aliphatic rings. The number of nitrogens with zero attached hydrogens (tertiary/aromatic N) is 1. The lowest BCUT2D eigenvalue weighted by atomic mass is 10.1. The highest BCUT2D eigenvalue weighted by Gasteiger charge is 2.15. The lowest BCUT2D eigenvalue weighted by molar-refractivity contribution is 0.0698. The molecule has 0 aliphatic carbocycles. The first kappa shape index (κ1) is 13.4. The minimum absolute atomic E-state index is 0.0603. The zero-order valence-corrected chi connectivity index (χ0v) is 11.5. The molecule has 0 bridgehead atoms. The third kappa shape index (κ3) is 2.19. The van der Waals surface area contributed by atoms with E-state index in [4.69, 9.17) is 11.6 Å². The maximum Gasteiger partial charge on any atom is 0.337 e. The van der Waals surface area contributed by atoms with E-state index in [1.807, 2.05) is 0 Å². The summed E-state index contributed by atoms with van der Waals surface area (Å²) in [6.45, 7) is 0. The Morgan fingerprint density at radius 1 is 1.00 bits per heavy atom. The van der Waals surface area contributed by atoms with E-state index in [0.717, 1.165) is 0 Å². The number of pyridine rings is 1. The molecule has 0 unspecified atom stereocenters. The molecule has 4 nitrogen and oxygen atoms in total. The van der Waals surface area contributed by atoms with Gasteiger partial charge in [0, 0.05) is 17.0 Å². The van der Waals surface area contributed by atoms with Gasteiger partial charge in [-0.15, -0.1) is 0 Å². The molecule has 0 atom stereocenters. The van der Waals surface area contributed by atoms with Crippen molar-refractivity contribution in [3.63, 3.8) is 0 Å². The number of para-hydroxylation sites is 1. The molecule has 2 aromatic carbocycles. The molecule has 0 spiro atoms. The summed E-state index contributed by atoms with van der Waals surface area (Å²) >= 11 is 6.11. The molecule has 5 heteroatoms. The number of rotatable bonds is 2. The standard InChI is InChI=1S/C16H10ClNO3/c17-13-7-3-4-8-14(13)18-9-12(16(20)21)10-5-1-2-6-11(10)15(18)19/h1-9H,(H,20,21). The number of carboxylic acid groups (broad SMARTS) is 1. The number of hydrogen-bond donors (Lipinski definition) is 1. The smallest absolute Gasteiger partial charge is 0.337 e. The van der Waals surface area contributed by atoms with Gasteiger partial charge in [0.15, 0.2) is 0 Å². The van der Waals surface area contributed by atoms with Crippen LogP contribution in [0, 0.1) is 0 Å². The Kier molecular flexibility index (Phi) is 3.23. The fraction of sp³-hybridized carbons (Fsp3) is 0. The molecule has 1 aromatic heterocycles. The van der Waals surface area contributed by atoms with Gasteiger partial charge in [0.1, 0.15) is 0 Å². The van der Waals surface area contributed by atoms with Crippen molar-refractivity contribution in [1.82, 2.24) is 4.57 Å². The minimum Gasteiger partial charge on any atom is -0.478 e. The van der Waals surface area contributed by atoms with Gasteiger partial charge in [-0.25, -0.2) is 4.79 Å². The van der Waals surface area contributed by atoms with Crippen LogP contribution in [-0.4, -0.2) is 15.6 Å². The highest BCUT2D eigenvalue weighted by Crippen LogP contribution is 2.22. The van der Waals surface area contributed by atoms with Gasteiger partial charge in [0.2, 0.25) is 0 Å². The van der Waals surface area contributed by atoms with Gasteiger partial charge in [-0.3, -0.25) is 9.36 Å². The normalized spacial score (nSPS) is 10.7. The number of aromatic carboxylic acids is 1. The first-order chi connectivity index (χ1) is 10.1. The first-order valence-corrected chi connectivity index (χ1v) is 6.60. The van der Waals surface area contributed by atoms with Crippen molar-refractivity contribution in [1.29, 1.82) is 0 Å². The molecular formula is C16H10ClNO3. The molecular weight excluding hydrogens is 290 g/mol. The summed E-state index contributed by atoms with van der Waals surface area (Å²) in [6, 6.07) is 13.4. The summed E-state index contributed by atoms with van der Waals surface area (Å²) in [6.07, 6.45) is 1.31. The van der Waals surface area contributed by atoms with E-state index in [1.54, 1.807) is 48.5 Å². The number of carboxylic acids is 1. The molecule has 21 heavy (non-hydrogen) atoms. The monoisotopic (exact) mass is 299 g/mol. The maximum atomic E-state index is 12.6. The van der Waals surface area contributed by atoms with E-state index >= 15 is 0 Å². The zero-order chi connectivity index (χ0) is 15.0. The average molecular weight is 300 g/mol. The molecule has 0 amide bonds. The van der Waals surface area contributed by atoms with Crippen molar-refractivity contribution in [3.05, 3.63) is 75.7 Å². The topological polar surface area (TPSA) is 59.3 Å². The third-order valence-electron chi connectivity index (χ3n) is 3.27. The number of carbonyl (C=O) groups is 1.